The average Bonchev–Trinajstić information content (AvgIpc) is 3.80. The van der Waals surface area contributed by atoms with Gasteiger partial charge in [-0.2, -0.15) is 23.1 Å². The molecular weight excluding hydrogens is 609 g/mol. The molecule has 2 aliphatic rings. The number of hydrogen-bond acceptors (Lipinski definition) is 8. The van der Waals surface area contributed by atoms with Gasteiger partial charge in [0.25, 0.3) is 0 Å². The van der Waals surface area contributed by atoms with Crippen LogP contribution in [0.2, 0.25) is 0 Å². The third-order valence-electron chi connectivity index (χ3n) is 7.35. The highest BCUT2D eigenvalue weighted by Crippen LogP contribution is 2.45. The molecule has 0 radical (unpaired) electrons. The zero-order valence-corrected chi connectivity index (χ0v) is 27.9. The summed E-state index contributed by atoms with van der Waals surface area (Å²) in [4.78, 5) is 8.66. The topological polar surface area (TPSA) is 115 Å². The molecule has 5 N–H and O–H groups in total. The quantitative estimate of drug-likeness (QED) is 0.226. The molecule has 1 aromatic carbocycles. The van der Waals surface area contributed by atoms with Crippen LogP contribution in [0.3, 0.4) is 0 Å². The summed E-state index contributed by atoms with van der Waals surface area (Å²) in [5.74, 6) is -2.10. The number of rotatable bonds is 6. The fraction of sp³-hybridized carbons (Fsp3) is 0.576. The maximum atomic E-state index is 16.5. The molecule has 1 unspecified atom stereocenters. The molecule has 258 valence electrons. The highest BCUT2D eigenvalue weighted by Gasteiger charge is 2.43. The van der Waals surface area contributed by atoms with Crippen molar-refractivity contribution >= 4 is 28.7 Å². The highest BCUT2D eigenvalue weighted by molar-refractivity contribution is 5.95. The SMILES string of the molecule is C=C(/C(F)=c1/nc(OCC2(CO)CC2)nc2/c1=C(/C)OC(C)CCNCCN2)c1cc(N)c(F)c(C)c1C(F)(F)F.CC.CCC. The van der Waals surface area contributed by atoms with Gasteiger partial charge in [0.1, 0.15) is 22.7 Å². The Labute approximate surface area is 268 Å². The molecule has 13 heteroatoms. The second-order valence-corrected chi connectivity index (χ2v) is 11.3. The Bertz CT molecular complexity index is 1480. The van der Waals surface area contributed by atoms with Crippen molar-refractivity contribution in [3.05, 3.63) is 45.7 Å². The second-order valence-electron chi connectivity index (χ2n) is 11.3. The van der Waals surface area contributed by atoms with Crippen LogP contribution in [-0.4, -0.2) is 54.0 Å². The number of anilines is 2. The van der Waals surface area contributed by atoms with E-state index in [-0.39, 0.29) is 42.1 Å². The molecule has 1 aromatic heterocycles. The van der Waals surface area contributed by atoms with Gasteiger partial charge in [-0.1, -0.05) is 40.7 Å². The molecule has 2 heterocycles. The van der Waals surface area contributed by atoms with Crippen molar-refractivity contribution in [2.24, 2.45) is 5.41 Å². The number of nitrogens with one attached hydrogen (secondary N) is 2. The summed E-state index contributed by atoms with van der Waals surface area (Å²) < 4.78 is 84.9. The Morgan fingerprint density at radius 2 is 1.80 bits per heavy atom. The van der Waals surface area contributed by atoms with E-state index in [1.165, 1.54) is 6.42 Å². The van der Waals surface area contributed by atoms with Gasteiger partial charge in [-0.3, -0.25) is 0 Å². The zero-order chi connectivity index (χ0) is 34.8. The summed E-state index contributed by atoms with van der Waals surface area (Å²) in [7, 11) is 0. The number of aliphatic hydroxyl groups is 1. The van der Waals surface area contributed by atoms with Crippen molar-refractivity contribution in [1.29, 1.82) is 0 Å². The Balaban J connectivity index is 0.00000139. The van der Waals surface area contributed by atoms with Gasteiger partial charge < -0.3 is 30.9 Å². The van der Waals surface area contributed by atoms with Gasteiger partial charge in [0.15, 0.2) is 5.83 Å². The number of hydrogen-bond donors (Lipinski definition) is 4. The van der Waals surface area contributed by atoms with Gasteiger partial charge in [0.05, 0.1) is 35.8 Å². The maximum Gasteiger partial charge on any atom is 0.417 e. The van der Waals surface area contributed by atoms with E-state index < -0.39 is 56.5 Å². The van der Waals surface area contributed by atoms with E-state index in [0.717, 1.165) is 19.8 Å². The molecule has 4 rings (SSSR count). The molecule has 0 spiro atoms. The number of aromatic nitrogens is 2. The number of ether oxygens (including phenoxy) is 2. The number of aliphatic hydroxyl groups excluding tert-OH is 1. The van der Waals surface area contributed by atoms with Gasteiger partial charge >= 0.3 is 12.2 Å². The van der Waals surface area contributed by atoms with Crippen LogP contribution < -0.4 is 31.7 Å². The van der Waals surface area contributed by atoms with Crippen molar-refractivity contribution in [2.45, 2.75) is 86.4 Å². The Hall–Kier alpha value is -3.45. The van der Waals surface area contributed by atoms with Crippen LogP contribution in [0.1, 0.15) is 83.9 Å². The third kappa shape index (κ3) is 9.54. The first-order valence-electron chi connectivity index (χ1n) is 15.7. The molecule has 1 atom stereocenters. The molecule has 1 aliphatic carbocycles. The van der Waals surface area contributed by atoms with E-state index in [9.17, 15) is 22.7 Å². The first-order valence-corrected chi connectivity index (χ1v) is 15.7. The maximum absolute atomic E-state index is 16.5. The molecule has 0 amide bonds. The minimum atomic E-state index is -5.03. The first kappa shape index (κ1) is 38.7. The predicted molar refractivity (Wildman–Crippen MR) is 173 cm³/mol. The van der Waals surface area contributed by atoms with E-state index in [1.807, 2.05) is 20.8 Å². The fourth-order valence-electron chi connectivity index (χ4n) is 4.67. The van der Waals surface area contributed by atoms with Gasteiger partial charge in [0.2, 0.25) is 0 Å². The van der Waals surface area contributed by atoms with Gasteiger partial charge in [0, 0.05) is 24.1 Å². The number of allylic oxidation sites excluding steroid dienone is 1. The third-order valence-corrected chi connectivity index (χ3v) is 7.35. The first-order chi connectivity index (χ1) is 21.7. The van der Waals surface area contributed by atoms with Crippen molar-refractivity contribution in [3.8, 4) is 6.01 Å². The smallest absolute Gasteiger partial charge is 0.417 e. The van der Waals surface area contributed by atoms with Crippen LogP contribution in [-0.2, 0) is 10.9 Å². The van der Waals surface area contributed by atoms with E-state index in [1.54, 1.807) is 6.92 Å². The van der Waals surface area contributed by atoms with Gasteiger partial charge in [-0.05, 0) is 63.8 Å². The van der Waals surface area contributed by atoms with Crippen molar-refractivity contribution < 1.29 is 36.5 Å². The van der Waals surface area contributed by atoms with E-state index >= 15 is 4.39 Å². The standard InChI is InChI=1S/C28H34F5N5O3.C3H8.C2H6/c1-14-5-8-35-9-10-36-25-20(17(4)41-14)24(37-26(38-25)40-13-27(12-39)6-7-27)23(30)15(2)18-11-19(34)22(29)16(3)21(18)28(31,32)33;1-3-2;1-2/h11,14,35,39H,2,5-10,12-13,34H2,1,3-4H3,(H,36,37,38);3H2,1-2H3;1-2H3/b20-17-,24-23-;;. The largest absolute Gasteiger partial charge is 0.494 e. The van der Waals surface area contributed by atoms with Gasteiger partial charge in [-0.25, -0.2) is 8.78 Å². The summed E-state index contributed by atoms with van der Waals surface area (Å²) in [6.45, 7) is 17.7. The zero-order valence-electron chi connectivity index (χ0n) is 27.9. The number of nitrogen functional groups attached to an aromatic ring is 1. The van der Waals surface area contributed by atoms with Crippen molar-refractivity contribution in [3.63, 3.8) is 0 Å². The van der Waals surface area contributed by atoms with Crippen LogP contribution in [0.15, 0.2) is 12.6 Å². The average molecular weight is 658 g/mol. The lowest BCUT2D eigenvalue weighted by Gasteiger charge is -2.19. The number of nitrogens with zero attached hydrogens (tertiary/aromatic N) is 2. The molecule has 2 aromatic rings. The van der Waals surface area contributed by atoms with Crippen molar-refractivity contribution in [2.75, 3.05) is 43.9 Å². The van der Waals surface area contributed by atoms with E-state index in [4.69, 9.17) is 15.2 Å². The number of halogens is 5. The molecule has 8 nitrogen and oxygen atoms in total. The molecule has 1 saturated carbocycles. The summed E-state index contributed by atoms with van der Waals surface area (Å²) in [5, 5.41) is 15.7. The molecule has 1 aliphatic heterocycles. The van der Waals surface area contributed by atoms with E-state index in [0.29, 0.717) is 32.1 Å². The molecule has 1 fully saturated rings. The number of fused-ring (bicyclic) bond motifs is 1. The summed E-state index contributed by atoms with van der Waals surface area (Å²) in [6, 6.07) is 0.467. The van der Waals surface area contributed by atoms with Crippen LogP contribution in [0.4, 0.5) is 33.5 Å². The number of benzene rings is 1. The molecule has 0 bridgehead atoms. The second kappa shape index (κ2) is 16.9. The normalized spacial score (nSPS) is 19.3. The van der Waals surface area contributed by atoms with Gasteiger partial charge in [-0.15, -0.1) is 0 Å². The predicted octanol–water partition coefficient (Wildman–Crippen LogP) is 5.85. The monoisotopic (exact) mass is 657 g/mol. The van der Waals surface area contributed by atoms with Crippen LogP contribution in [0.25, 0.3) is 17.2 Å². The Kier molecular flexibility index (Phi) is 14.2. The van der Waals surface area contributed by atoms with Crippen molar-refractivity contribution in [1.82, 2.24) is 15.3 Å². The minimum absolute atomic E-state index is 0.0635. The lowest BCUT2D eigenvalue weighted by atomic mass is 9.94. The van der Waals surface area contributed by atoms with Crippen LogP contribution in [0, 0.1) is 18.2 Å². The lowest BCUT2D eigenvalue weighted by Crippen LogP contribution is -2.38. The molecular formula is C33H48F5N5O3. The fourth-order valence-corrected chi connectivity index (χ4v) is 4.67. The van der Waals surface area contributed by atoms with Crippen LogP contribution >= 0.6 is 0 Å². The Morgan fingerprint density at radius 3 is 2.37 bits per heavy atom. The molecule has 0 saturated heterocycles. The van der Waals surface area contributed by atoms with E-state index in [2.05, 4.69) is 41.0 Å². The molecule has 46 heavy (non-hydrogen) atoms. The minimum Gasteiger partial charge on any atom is -0.494 e. The van der Waals surface area contributed by atoms with Crippen LogP contribution in [0.5, 0.6) is 6.01 Å². The number of alkyl halides is 3. The highest BCUT2D eigenvalue weighted by atomic mass is 19.4. The summed E-state index contributed by atoms with van der Waals surface area (Å²) in [5.41, 5.74) is 1.01. The summed E-state index contributed by atoms with van der Waals surface area (Å²) in [6.07, 6.45) is -1.98. The lowest BCUT2D eigenvalue weighted by molar-refractivity contribution is -0.138. The number of nitrogens with two attached hydrogens (primary N) is 1. The summed E-state index contributed by atoms with van der Waals surface area (Å²) >= 11 is 0. The Morgan fingerprint density at radius 1 is 1.17 bits per heavy atom.